The van der Waals surface area contributed by atoms with Crippen molar-refractivity contribution in [2.45, 2.75) is 33.0 Å². The summed E-state index contributed by atoms with van der Waals surface area (Å²) in [5, 5.41) is 4.30. The summed E-state index contributed by atoms with van der Waals surface area (Å²) in [5.74, 6) is -1.30. The standard InChI is InChI=1S/C23H23N3O4S/c1-16(30-22(29)20-15-31-23(25-20)24-17(2)27)21(28)26(13-18-9-5-3-6-10-18)14-19-11-7-4-8-12-19/h3-12,15-16H,13-14H2,1-2H3,(H,24,25,27). The molecule has 3 aromatic rings. The van der Waals surface area contributed by atoms with Gasteiger partial charge in [-0.15, -0.1) is 11.3 Å². The van der Waals surface area contributed by atoms with E-state index in [4.69, 9.17) is 4.74 Å². The van der Waals surface area contributed by atoms with Gasteiger partial charge >= 0.3 is 5.97 Å². The number of amides is 2. The minimum absolute atomic E-state index is 0.0473. The topological polar surface area (TPSA) is 88.6 Å². The highest BCUT2D eigenvalue weighted by Gasteiger charge is 2.26. The summed E-state index contributed by atoms with van der Waals surface area (Å²) in [6.07, 6.45) is -0.995. The number of aromatic nitrogens is 1. The van der Waals surface area contributed by atoms with Crippen LogP contribution in [0.1, 0.15) is 35.5 Å². The van der Waals surface area contributed by atoms with Crippen molar-refractivity contribution in [1.29, 1.82) is 0 Å². The fraction of sp³-hybridized carbons (Fsp3) is 0.217. The fourth-order valence-corrected chi connectivity index (χ4v) is 3.65. The molecule has 0 bridgehead atoms. The van der Waals surface area contributed by atoms with Gasteiger partial charge in [-0.3, -0.25) is 9.59 Å². The van der Waals surface area contributed by atoms with E-state index in [2.05, 4.69) is 10.3 Å². The maximum atomic E-state index is 13.1. The molecule has 0 saturated carbocycles. The van der Waals surface area contributed by atoms with Crippen LogP contribution < -0.4 is 5.32 Å². The van der Waals surface area contributed by atoms with Crippen molar-refractivity contribution < 1.29 is 19.1 Å². The maximum absolute atomic E-state index is 13.1. The normalized spacial score (nSPS) is 11.4. The van der Waals surface area contributed by atoms with Crippen LogP contribution in [0.25, 0.3) is 0 Å². The Morgan fingerprint density at radius 2 is 1.55 bits per heavy atom. The average molecular weight is 438 g/mol. The highest BCUT2D eigenvalue weighted by atomic mass is 32.1. The predicted molar refractivity (Wildman–Crippen MR) is 118 cm³/mol. The monoisotopic (exact) mass is 437 g/mol. The number of thiazole rings is 1. The van der Waals surface area contributed by atoms with Gasteiger partial charge in [0, 0.05) is 25.4 Å². The van der Waals surface area contributed by atoms with Crippen molar-refractivity contribution in [2.24, 2.45) is 0 Å². The number of nitrogens with one attached hydrogen (secondary N) is 1. The molecule has 2 aromatic carbocycles. The van der Waals surface area contributed by atoms with E-state index < -0.39 is 12.1 Å². The van der Waals surface area contributed by atoms with Gasteiger partial charge in [-0.1, -0.05) is 60.7 Å². The number of nitrogens with zero attached hydrogens (tertiary/aromatic N) is 2. The van der Waals surface area contributed by atoms with Gasteiger partial charge in [-0.2, -0.15) is 0 Å². The predicted octanol–water partition coefficient (Wildman–Crippen LogP) is 3.88. The molecule has 3 rings (SSSR count). The van der Waals surface area contributed by atoms with Crippen molar-refractivity contribution in [1.82, 2.24) is 9.88 Å². The smallest absolute Gasteiger partial charge is 0.358 e. The molecule has 0 spiro atoms. The van der Waals surface area contributed by atoms with E-state index in [-0.39, 0.29) is 17.5 Å². The number of carbonyl (C=O) groups is 3. The van der Waals surface area contributed by atoms with E-state index in [1.165, 1.54) is 12.3 Å². The third kappa shape index (κ3) is 6.48. The van der Waals surface area contributed by atoms with Gasteiger partial charge in [-0.05, 0) is 18.1 Å². The molecule has 160 valence electrons. The van der Waals surface area contributed by atoms with Gasteiger partial charge in [0.2, 0.25) is 5.91 Å². The van der Waals surface area contributed by atoms with Gasteiger partial charge in [-0.25, -0.2) is 9.78 Å². The molecule has 7 nitrogen and oxygen atoms in total. The molecule has 1 aromatic heterocycles. The number of benzene rings is 2. The zero-order valence-electron chi connectivity index (χ0n) is 17.3. The molecule has 1 unspecified atom stereocenters. The Labute approximate surface area is 184 Å². The molecule has 0 aliphatic heterocycles. The van der Waals surface area contributed by atoms with E-state index in [0.29, 0.717) is 18.2 Å². The average Bonchev–Trinajstić information content (AvgIpc) is 3.22. The SMILES string of the molecule is CC(=O)Nc1nc(C(=O)OC(C)C(=O)N(Cc2ccccc2)Cc2ccccc2)cs1. The van der Waals surface area contributed by atoms with Crippen LogP contribution >= 0.6 is 11.3 Å². The molecular weight excluding hydrogens is 414 g/mol. The summed E-state index contributed by atoms with van der Waals surface area (Å²) in [4.78, 5) is 42.4. The number of rotatable bonds is 8. The lowest BCUT2D eigenvalue weighted by atomic mass is 10.1. The van der Waals surface area contributed by atoms with Crippen LogP contribution in [0.4, 0.5) is 5.13 Å². The minimum atomic E-state index is -0.995. The largest absolute Gasteiger partial charge is 0.448 e. The molecule has 2 amide bonds. The van der Waals surface area contributed by atoms with Crippen molar-refractivity contribution in [3.05, 3.63) is 82.9 Å². The highest BCUT2D eigenvalue weighted by Crippen LogP contribution is 2.18. The maximum Gasteiger partial charge on any atom is 0.358 e. The molecule has 0 aliphatic rings. The molecule has 1 heterocycles. The molecule has 0 fully saturated rings. The quantitative estimate of drug-likeness (QED) is 0.541. The third-order valence-corrected chi connectivity index (χ3v) is 5.13. The van der Waals surface area contributed by atoms with Crippen LogP contribution in [-0.4, -0.2) is 33.8 Å². The van der Waals surface area contributed by atoms with Crippen LogP contribution in [0.2, 0.25) is 0 Å². The van der Waals surface area contributed by atoms with Crippen LogP contribution in [0.3, 0.4) is 0 Å². The summed E-state index contributed by atoms with van der Waals surface area (Å²) in [6, 6.07) is 19.3. The number of ether oxygens (including phenoxy) is 1. The summed E-state index contributed by atoms with van der Waals surface area (Å²) in [7, 11) is 0. The Morgan fingerprint density at radius 1 is 1.00 bits per heavy atom. The van der Waals surface area contributed by atoms with Crippen LogP contribution in [0.15, 0.2) is 66.0 Å². The second-order valence-corrected chi connectivity index (χ2v) is 7.79. The molecule has 1 atom stereocenters. The lowest BCUT2D eigenvalue weighted by Gasteiger charge is -2.26. The van der Waals surface area contributed by atoms with E-state index >= 15 is 0 Å². The van der Waals surface area contributed by atoms with Crippen LogP contribution in [-0.2, 0) is 27.4 Å². The zero-order valence-corrected chi connectivity index (χ0v) is 18.1. The van der Waals surface area contributed by atoms with Crippen molar-refractivity contribution in [3.63, 3.8) is 0 Å². The van der Waals surface area contributed by atoms with Crippen LogP contribution in [0, 0.1) is 0 Å². The van der Waals surface area contributed by atoms with Gasteiger partial charge in [0.05, 0.1) is 0 Å². The lowest BCUT2D eigenvalue weighted by molar-refractivity contribution is -0.141. The number of anilines is 1. The first-order valence-electron chi connectivity index (χ1n) is 9.73. The van der Waals surface area contributed by atoms with E-state index in [0.717, 1.165) is 22.5 Å². The van der Waals surface area contributed by atoms with Crippen molar-refractivity contribution in [3.8, 4) is 0 Å². The molecular formula is C23H23N3O4S. The molecule has 0 aliphatic carbocycles. The summed E-state index contributed by atoms with van der Waals surface area (Å²) >= 11 is 1.11. The summed E-state index contributed by atoms with van der Waals surface area (Å²) < 4.78 is 5.37. The molecule has 0 radical (unpaired) electrons. The lowest BCUT2D eigenvalue weighted by Crippen LogP contribution is -2.39. The Kier molecular flexibility index (Phi) is 7.50. The summed E-state index contributed by atoms with van der Waals surface area (Å²) in [6.45, 7) is 3.68. The van der Waals surface area contributed by atoms with Crippen molar-refractivity contribution >= 4 is 34.3 Å². The first kappa shape index (κ1) is 22.2. The number of esters is 1. The molecule has 8 heteroatoms. The van der Waals surface area contributed by atoms with Gasteiger partial charge < -0.3 is 15.0 Å². The van der Waals surface area contributed by atoms with Gasteiger partial charge in [0.1, 0.15) is 0 Å². The van der Waals surface area contributed by atoms with Gasteiger partial charge in [0.15, 0.2) is 16.9 Å². The second-order valence-electron chi connectivity index (χ2n) is 6.93. The Morgan fingerprint density at radius 3 is 2.06 bits per heavy atom. The summed E-state index contributed by atoms with van der Waals surface area (Å²) in [5.41, 5.74) is 2.00. The van der Waals surface area contributed by atoms with Crippen LogP contribution in [0.5, 0.6) is 0 Å². The van der Waals surface area contributed by atoms with Gasteiger partial charge in [0.25, 0.3) is 5.91 Å². The molecule has 1 N–H and O–H groups in total. The number of hydrogen-bond acceptors (Lipinski definition) is 6. The first-order valence-corrected chi connectivity index (χ1v) is 10.6. The Bertz CT molecular complexity index is 996. The number of carbonyl (C=O) groups excluding carboxylic acids is 3. The fourth-order valence-electron chi connectivity index (χ4n) is 2.92. The Hall–Kier alpha value is -3.52. The first-order chi connectivity index (χ1) is 14.9. The zero-order chi connectivity index (χ0) is 22.2. The molecule has 31 heavy (non-hydrogen) atoms. The second kappa shape index (κ2) is 10.5. The Balaban J connectivity index is 1.70. The molecule has 0 saturated heterocycles. The minimum Gasteiger partial charge on any atom is -0.448 e. The van der Waals surface area contributed by atoms with Crippen molar-refractivity contribution in [2.75, 3.05) is 5.32 Å². The number of hydrogen-bond donors (Lipinski definition) is 1. The third-order valence-electron chi connectivity index (χ3n) is 4.37. The highest BCUT2D eigenvalue weighted by molar-refractivity contribution is 7.14. The van der Waals surface area contributed by atoms with E-state index in [1.807, 2.05) is 60.7 Å². The van der Waals surface area contributed by atoms with E-state index in [9.17, 15) is 14.4 Å². The van der Waals surface area contributed by atoms with E-state index in [1.54, 1.807) is 11.8 Å².